The maximum absolute atomic E-state index is 12.2. The zero-order chi connectivity index (χ0) is 11.5. The molecule has 0 saturated carbocycles. The van der Waals surface area contributed by atoms with Gasteiger partial charge in [-0.15, -0.1) is 0 Å². The van der Waals surface area contributed by atoms with E-state index in [1.54, 1.807) is 0 Å². The minimum atomic E-state index is -0.654. The molecule has 1 amide bonds. The summed E-state index contributed by atoms with van der Waals surface area (Å²) in [6, 6.07) is 0. The number of rotatable bonds is 3. The third kappa shape index (κ3) is 2.59. The smallest absolute Gasteiger partial charge is 0.242 e. The molecule has 3 nitrogen and oxygen atoms in total. The maximum Gasteiger partial charge on any atom is 0.242 e. The SMILES string of the molecule is CCC(N)(CC)C(=O)N1CC=C(C)CC1. The van der Waals surface area contributed by atoms with Gasteiger partial charge < -0.3 is 10.6 Å². The van der Waals surface area contributed by atoms with Crippen molar-refractivity contribution in [1.82, 2.24) is 4.90 Å². The summed E-state index contributed by atoms with van der Waals surface area (Å²) in [5.41, 5.74) is 6.81. The quantitative estimate of drug-likeness (QED) is 0.720. The van der Waals surface area contributed by atoms with Gasteiger partial charge in [0.2, 0.25) is 5.91 Å². The van der Waals surface area contributed by atoms with Crippen molar-refractivity contribution in [3.05, 3.63) is 11.6 Å². The summed E-state index contributed by atoms with van der Waals surface area (Å²) >= 11 is 0. The third-order valence-electron chi connectivity index (χ3n) is 3.41. The number of amides is 1. The van der Waals surface area contributed by atoms with Crippen molar-refractivity contribution in [2.75, 3.05) is 13.1 Å². The number of hydrogen-bond acceptors (Lipinski definition) is 2. The van der Waals surface area contributed by atoms with Crippen molar-refractivity contribution in [1.29, 1.82) is 0 Å². The lowest BCUT2D eigenvalue weighted by Crippen LogP contribution is -2.55. The Morgan fingerprint density at radius 2 is 2.13 bits per heavy atom. The highest BCUT2D eigenvalue weighted by molar-refractivity contribution is 5.86. The summed E-state index contributed by atoms with van der Waals surface area (Å²) in [6.45, 7) is 7.61. The van der Waals surface area contributed by atoms with E-state index in [-0.39, 0.29) is 5.91 Å². The first kappa shape index (κ1) is 12.2. The number of carbonyl (C=O) groups is 1. The lowest BCUT2D eigenvalue weighted by molar-refractivity contribution is -0.137. The van der Waals surface area contributed by atoms with Gasteiger partial charge in [0.05, 0.1) is 5.54 Å². The highest BCUT2D eigenvalue weighted by atomic mass is 16.2. The van der Waals surface area contributed by atoms with Gasteiger partial charge in [-0.1, -0.05) is 25.5 Å². The standard InChI is InChI=1S/C12H22N2O/c1-4-12(13,5-2)11(15)14-8-6-10(3)7-9-14/h6H,4-5,7-9,13H2,1-3H3. The van der Waals surface area contributed by atoms with Gasteiger partial charge in [-0.05, 0) is 26.2 Å². The molecule has 0 unspecified atom stereocenters. The Bertz CT molecular complexity index is 267. The molecule has 0 fully saturated rings. The Morgan fingerprint density at radius 3 is 2.53 bits per heavy atom. The van der Waals surface area contributed by atoms with Crippen molar-refractivity contribution in [2.24, 2.45) is 5.73 Å². The normalized spacial score (nSPS) is 17.6. The summed E-state index contributed by atoms with van der Waals surface area (Å²) < 4.78 is 0. The van der Waals surface area contributed by atoms with Crippen LogP contribution in [0, 0.1) is 0 Å². The van der Waals surface area contributed by atoms with Crippen molar-refractivity contribution in [3.63, 3.8) is 0 Å². The van der Waals surface area contributed by atoms with Crippen LogP contribution in [0.3, 0.4) is 0 Å². The van der Waals surface area contributed by atoms with Crippen LogP contribution >= 0.6 is 0 Å². The van der Waals surface area contributed by atoms with Crippen molar-refractivity contribution >= 4 is 5.91 Å². The first-order valence-corrected chi connectivity index (χ1v) is 5.77. The van der Waals surface area contributed by atoms with E-state index >= 15 is 0 Å². The summed E-state index contributed by atoms with van der Waals surface area (Å²) in [7, 11) is 0. The first-order chi connectivity index (χ1) is 7.03. The molecule has 0 bridgehead atoms. The lowest BCUT2D eigenvalue weighted by atomic mass is 9.91. The zero-order valence-corrected chi connectivity index (χ0v) is 10.0. The molecule has 1 aliphatic rings. The molecule has 0 aliphatic carbocycles. The second-order valence-corrected chi connectivity index (χ2v) is 4.41. The van der Waals surface area contributed by atoms with Gasteiger partial charge >= 0.3 is 0 Å². The molecule has 0 spiro atoms. The van der Waals surface area contributed by atoms with Gasteiger partial charge in [0, 0.05) is 13.1 Å². The van der Waals surface area contributed by atoms with Crippen molar-refractivity contribution in [3.8, 4) is 0 Å². The second kappa shape index (κ2) is 4.79. The number of hydrogen-bond donors (Lipinski definition) is 1. The number of nitrogens with zero attached hydrogens (tertiary/aromatic N) is 1. The maximum atomic E-state index is 12.2. The zero-order valence-electron chi connectivity index (χ0n) is 10.0. The average Bonchev–Trinajstić information content (AvgIpc) is 2.28. The van der Waals surface area contributed by atoms with Gasteiger partial charge in [-0.3, -0.25) is 4.79 Å². The minimum absolute atomic E-state index is 0.108. The monoisotopic (exact) mass is 210 g/mol. The summed E-state index contributed by atoms with van der Waals surface area (Å²) in [5, 5.41) is 0. The van der Waals surface area contributed by atoms with Crippen LogP contribution in [-0.4, -0.2) is 29.4 Å². The summed E-state index contributed by atoms with van der Waals surface area (Å²) in [4.78, 5) is 14.0. The topological polar surface area (TPSA) is 46.3 Å². The van der Waals surface area contributed by atoms with Gasteiger partial charge in [0.25, 0.3) is 0 Å². The molecule has 86 valence electrons. The molecule has 2 N–H and O–H groups in total. The molecule has 0 aromatic carbocycles. The predicted molar refractivity (Wildman–Crippen MR) is 62.5 cm³/mol. The van der Waals surface area contributed by atoms with Crippen LogP contribution < -0.4 is 5.73 Å². The van der Waals surface area contributed by atoms with E-state index in [1.807, 2.05) is 18.7 Å². The van der Waals surface area contributed by atoms with Crippen LogP contribution in [0.5, 0.6) is 0 Å². The second-order valence-electron chi connectivity index (χ2n) is 4.41. The Hall–Kier alpha value is -0.830. The Balaban J connectivity index is 2.69. The van der Waals surface area contributed by atoms with E-state index < -0.39 is 5.54 Å². The molecular formula is C12H22N2O. The van der Waals surface area contributed by atoms with Crippen LogP contribution in [-0.2, 0) is 4.79 Å². The van der Waals surface area contributed by atoms with Gasteiger partial charge in [0.1, 0.15) is 0 Å². The first-order valence-electron chi connectivity index (χ1n) is 5.77. The van der Waals surface area contributed by atoms with E-state index in [2.05, 4.69) is 13.0 Å². The van der Waals surface area contributed by atoms with Crippen LogP contribution in [0.15, 0.2) is 11.6 Å². The fraction of sp³-hybridized carbons (Fsp3) is 0.750. The highest BCUT2D eigenvalue weighted by Gasteiger charge is 2.34. The predicted octanol–water partition coefficient (Wildman–Crippen LogP) is 1.68. The molecule has 0 saturated heterocycles. The molecule has 1 heterocycles. The minimum Gasteiger partial charge on any atom is -0.337 e. The Morgan fingerprint density at radius 1 is 1.53 bits per heavy atom. The van der Waals surface area contributed by atoms with E-state index in [4.69, 9.17) is 5.73 Å². The van der Waals surface area contributed by atoms with Crippen molar-refractivity contribution in [2.45, 2.75) is 45.6 Å². The third-order valence-corrected chi connectivity index (χ3v) is 3.41. The van der Waals surface area contributed by atoms with Gasteiger partial charge in [0.15, 0.2) is 0 Å². The van der Waals surface area contributed by atoms with Gasteiger partial charge in [-0.2, -0.15) is 0 Å². The van der Waals surface area contributed by atoms with Crippen molar-refractivity contribution < 1.29 is 4.79 Å². The largest absolute Gasteiger partial charge is 0.337 e. The molecule has 1 aliphatic heterocycles. The molecule has 0 aromatic heterocycles. The van der Waals surface area contributed by atoms with E-state index in [9.17, 15) is 4.79 Å². The van der Waals surface area contributed by atoms with Crippen LogP contribution in [0.2, 0.25) is 0 Å². The summed E-state index contributed by atoms with van der Waals surface area (Å²) in [6.07, 6.45) is 4.52. The van der Waals surface area contributed by atoms with Crippen LogP contribution in [0.4, 0.5) is 0 Å². The van der Waals surface area contributed by atoms with E-state index in [0.717, 1.165) is 19.5 Å². The molecular weight excluding hydrogens is 188 g/mol. The lowest BCUT2D eigenvalue weighted by Gasteiger charge is -2.34. The Labute approximate surface area is 92.3 Å². The number of carbonyl (C=O) groups excluding carboxylic acids is 1. The van der Waals surface area contributed by atoms with E-state index in [0.29, 0.717) is 12.8 Å². The Kier molecular flexibility index (Phi) is 3.91. The molecule has 0 atom stereocenters. The molecule has 3 heteroatoms. The van der Waals surface area contributed by atoms with E-state index in [1.165, 1.54) is 5.57 Å². The molecule has 1 rings (SSSR count). The van der Waals surface area contributed by atoms with Crippen LogP contribution in [0.1, 0.15) is 40.0 Å². The fourth-order valence-corrected chi connectivity index (χ4v) is 1.82. The fourth-order valence-electron chi connectivity index (χ4n) is 1.82. The molecule has 15 heavy (non-hydrogen) atoms. The average molecular weight is 210 g/mol. The summed E-state index contributed by atoms with van der Waals surface area (Å²) in [5.74, 6) is 0.108. The number of nitrogens with two attached hydrogens (primary N) is 1. The van der Waals surface area contributed by atoms with Crippen LogP contribution in [0.25, 0.3) is 0 Å². The molecule has 0 aromatic rings. The molecule has 0 radical (unpaired) electrons. The highest BCUT2D eigenvalue weighted by Crippen LogP contribution is 2.18. The van der Waals surface area contributed by atoms with Gasteiger partial charge in [-0.25, -0.2) is 0 Å².